The van der Waals surface area contributed by atoms with Gasteiger partial charge in [-0.25, -0.2) is 0 Å². The first kappa shape index (κ1) is 13.7. The van der Waals surface area contributed by atoms with Crippen molar-refractivity contribution in [3.8, 4) is 0 Å². The fourth-order valence-corrected chi connectivity index (χ4v) is 2.16. The highest BCUT2D eigenvalue weighted by Crippen LogP contribution is 2.24. The minimum atomic E-state index is -4.54. The van der Waals surface area contributed by atoms with Crippen LogP contribution in [0.4, 0.5) is 13.2 Å². The number of alkyl halides is 3. The van der Waals surface area contributed by atoms with Gasteiger partial charge >= 0.3 is 6.18 Å². The number of hydrogen-bond acceptors (Lipinski definition) is 3. The standard InChI is InChI=1S/C10H19F3N2O/c1-7(14)8-4-2-3-5-15(8)6-9(16)10(11,12)13/h7-9,16H,2-6,14H2,1H3. The molecule has 1 fully saturated rings. The minimum Gasteiger partial charge on any atom is -0.382 e. The van der Waals surface area contributed by atoms with Crippen LogP contribution in [-0.2, 0) is 0 Å². The molecule has 0 aliphatic carbocycles. The molecule has 16 heavy (non-hydrogen) atoms. The lowest BCUT2D eigenvalue weighted by Crippen LogP contribution is -2.53. The fourth-order valence-electron chi connectivity index (χ4n) is 2.16. The van der Waals surface area contributed by atoms with Crippen LogP contribution in [0.2, 0.25) is 0 Å². The first-order valence-electron chi connectivity index (χ1n) is 5.56. The van der Waals surface area contributed by atoms with Crippen LogP contribution in [0.3, 0.4) is 0 Å². The zero-order valence-electron chi connectivity index (χ0n) is 9.37. The van der Waals surface area contributed by atoms with E-state index in [4.69, 9.17) is 10.8 Å². The van der Waals surface area contributed by atoms with Crippen molar-refractivity contribution in [1.82, 2.24) is 4.90 Å². The summed E-state index contributed by atoms with van der Waals surface area (Å²) in [5.41, 5.74) is 5.74. The van der Waals surface area contributed by atoms with E-state index in [-0.39, 0.29) is 18.6 Å². The second kappa shape index (κ2) is 5.33. The highest BCUT2D eigenvalue weighted by atomic mass is 19.4. The Labute approximate surface area is 93.4 Å². The number of nitrogens with zero attached hydrogens (tertiary/aromatic N) is 1. The molecule has 0 aromatic carbocycles. The third-order valence-corrected chi connectivity index (χ3v) is 3.06. The highest BCUT2D eigenvalue weighted by molar-refractivity contribution is 4.85. The van der Waals surface area contributed by atoms with Crippen LogP contribution in [0.5, 0.6) is 0 Å². The zero-order valence-corrected chi connectivity index (χ0v) is 9.37. The molecule has 96 valence electrons. The maximum atomic E-state index is 12.2. The van der Waals surface area contributed by atoms with Gasteiger partial charge in [0.1, 0.15) is 0 Å². The van der Waals surface area contributed by atoms with Crippen molar-refractivity contribution in [2.24, 2.45) is 5.73 Å². The molecule has 3 N–H and O–H groups in total. The third kappa shape index (κ3) is 3.61. The van der Waals surface area contributed by atoms with E-state index in [0.29, 0.717) is 6.54 Å². The van der Waals surface area contributed by atoms with Crippen LogP contribution in [0.25, 0.3) is 0 Å². The van der Waals surface area contributed by atoms with Crippen molar-refractivity contribution in [2.45, 2.75) is 50.6 Å². The molecule has 1 aliphatic rings. The van der Waals surface area contributed by atoms with Crippen LogP contribution in [-0.4, -0.2) is 47.5 Å². The van der Waals surface area contributed by atoms with Gasteiger partial charge in [0.15, 0.2) is 6.10 Å². The van der Waals surface area contributed by atoms with E-state index in [1.807, 2.05) is 0 Å². The molecule has 0 aromatic heterocycles. The number of piperidine rings is 1. The summed E-state index contributed by atoms with van der Waals surface area (Å²) in [4.78, 5) is 1.66. The van der Waals surface area contributed by atoms with Crippen molar-refractivity contribution in [1.29, 1.82) is 0 Å². The lowest BCUT2D eigenvalue weighted by Gasteiger charge is -2.39. The average molecular weight is 240 g/mol. The van der Waals surface area contributed by atoms with Crippen LogP contribution in [0.15, 0.2) is 0 Å². The monoisotopic (exact) mass is 240 g/mol. The molecule has 3 unspecified atom stereocenters. The molecule has 1 heterocycles. The highest BCUT2D eigenvalue weighted by Gasteiger charge is 2.40. The normalized spacial score (nSPS) is 27.8. The maximum absolute atomic E-state index is 12.2. The van der Waals surface area contributed by atoms with E-state index < -0.39 is 12.3 Å². The van der Waals surface area contributed by atoms with Crippen molar-refractivity contribution < 1.29 is 18.3 Å². The van der Waals surface area contributed by atoms with Crippen LogP contribution in [0.1, 0.15) is 26.2 Å². The summed E-state index contributed by atoms with van der Waals surface area (Å²) < 4.78 is 36.7. The van der Waals surface area contributed by atoms with E-state index in [1.54, 1.807) is 11.8 Å². The Morgan fingerprint density at radius 3 is 2.56 bits per heavy atom. The summed E-state index contributed by atoms with van der Waals surface area (Å²) >= 11 is 0. The SMILES string of the molecule is CC(N)C1CCCCN1CC(O)C(F)(F)F. The van der Waals surface area contributed by atoms with E-state index in [2.05, 4.69) is 0 Å². The van der Waals surface area contributed by atoms with Crippen molar-refractivity contribution in [3.05, 3.63) is 0 Å². The third-order valence-electron chi connectivity index (χ3n) is 3.06. The van der Waals surface area contributed by atoms with Crippen molar-refractivity contribution >= 4 is 0 Å². The lowest BCUT2D eigenvalue weighted by atomic mass is 9.96. The molecule has 1 rings (SSSR count). The van der Waals surface area contributed by atoms with Gasteiger partial charge in [-0.1, -0.05) is 6.42 Å². The Morgan fingerprint density at radius 1 is 1.44 bits per heavy atom. The van der Waals surface area contributed by atoms with E-state index in [1.165, 1.54) is 0 Å². The number of halogens is 3. The number of nitrogens with two attached hydrogens (primary N) is 1. The number of rotatable bonds is 3. The number of β-amino-alcohol motifs (C(OH)–C–C–N with tert-alkyl or cyclic N) is 1. The van der Waals surface area contributed by atoms with Gasteiger partial charge in [-0.3, -0.25) is 4.90 Å². The van der Waals surface area contributed by atoms with Gasteiger partial charge in [0, 0.05) is 18.6 Å². The largest absolute Gasteiger partial charge is 0.415 e. The van der Waals surface area contributed by atoms with Gasteiger partial charge in [-0.05, 0) is 26.3 Å². The van der Waals surface area contributed by atoms with Gasteiger partial charge < -0.3 is 10.8 Å². The van der Waals surface area contributed by atoms with E-state index >= 15 is 0 Å². The average Bonchev–Trinajstić information content (AvgIpc) is 2.16. The molecule has 0 saturated carbocycles. The van der Waals surface area contributed by atoms with Crippen molar-refractivity contribution in [3.63, 3.8) is 0 Å². The molecular weight excluding hydrogens is 221 g/mol. The molecule has 0 bridgehead atoms. The Hall–Kier alpha value is -0.330. The summed E-state index contributed by atoms with van der Waals surface area (Å²) in [5, 5.41) is 9.03. The Bertz CT molecular complexity index is 221. The van der Waals surface area contributed by atoms with E-state index in [9.17, 15) is 13.2 Å². The quantitative estimate of drug-likeness (QED) is 0.777. The number of aliphatic hydroxyl groups is 1. The molecule has 0 amide bonds. The van der Waals surface area contributed by atoms with Gasteiger partial charge in [-0.15, -0.1) is 0 Å². The summed E-state index contributed by atoms with van der Waals surface area (Å²) in [7, 11) is 0. The molecule has 0 spiro atoms. The summed E-state index contributed by atoms with van der Waals surface area (Å²) in [5.74, 6) is 0. The topological polar surface area (TPSA) is 49.5 Å². The zero-order chi connectivity index (χ0) is 12.3. The van der Waals surface area contributed by atoms with Gasteiger partial charge in [0.25, 0.3) is 0 Å². The molecule has 0 aromatic rings. The smallest absolute Gasteiger partial charge is 0.382 e. The van der Waals surface area contributed by atoms with Crippen molar-refractivity contribution in [2.75, 3.05) is 13.1 Å². The number of aliphatic hydroxyl groups excluding tert-OH is 1. The predicted molar refractivity (Wildman–Crippen MR) is 54.9 cm³/mol. The second-order valence-electron chi connectivity index (χ2n) is 4.47. The Morgan fingerprint density at radius 2 is 2.06 bits per heavy atom. The van der Waals surface area contributed by atoms with Gasteiger partial charge in [0.05, 0.1) is 0 Å². The molecule has 0 radical (unpaired) electrons. The van der Waals surface area contributed by atoms with Gasteiger partial charge in [0.2, 0.25) is 0 Å². The van der Waals surface area contributed by atoms with Crippen LogP contribution < -0.4 is 5.73 Å². The minimum absolute atomic E-state index is 0.0502. The van der Waals surface area contributed by atoms with Gasteiger partial charge in [-0.2, -0.15) is 13.2 Å². The van der Waals surface area contributed by atoms with E-state index in [0.717, 1.165) is 19.3 Å². The number of hydrogen-bond donors (Lipinski definition) is 2. The fraction of sp³-hybridized carbons (Fsp3) is 1.00. The Balaban J connectivity index is 2.56. The first-order chi connectivity index (χ1) is 7.32. The maximum Gasteiger partial charge on any atom is 0.415 e. The molecule has 3 nitrogen and oxygen atoms in total. The molecule has 1 aliphatic heterocycles. The molecule has 6 heteroatoms. The molecular formula is C10H19F3N2O. The molecule has 1 saturated heterocycles. The van der Waals surface area contributed by atoms with Crippen LogP contribution >= 0.6 is 0 Å². The molecule has 3 atom stereocenters. The lowest BCUT2D eigenvalue weighted by molar-refractivity contribution is -0.210. The summed E-state index contributed by atoms with van der Waals surface area (Å²) in [6, 6.07) is -0.216. The number of likely N-dealkylation sites (tertiary alicyclic amines) is 1. The summed E-state index contributed by atoms with van der Waals surface area (Å²) in [6.07, 6.45) is -4.15. The summed E-state index contributed by atoms with van der Waals surface area (Å²) in [6.45, 7) is 2.01. The first-order valence-corrected chi connectivity index (χ1v) is 5.56. The predicted octanol–water partition coefficient (Wildman–Crippen LogP) is 1.11. The Kier molecular flexibility index (Phi) is 4.58. The second-order valence-corrected chi connectivity index (χ2v) is 4.47. The van der Waals surface area contributed by atoms with Crippen LogP contribution in [0, 0.1) is 0 Å².